The van der Waals surface area contributed by atoms with E-state index in [1.54, 1.807) is 0 Å². The molecule has 0 aliphatic rings. The highest BCUT2D eigenvalue weighted by atomic mass is 35.5. The third kappa shape index (κ3) is 2.81. The maximum absolute atomic E-state index is 12.8. The molecule has 0 aromatic rings. The number of aliphatic hydroxyl groups is 1. The van der Waals surface area contributed by atoms with Gasteiger partial charge < -0.3 is 9.84 Å². The lowest BCUT2D eigenvalue weighted by molar-refractivity contribution is -0.397. The van der Waals surface area contributed by atoms with Crippen LogP contribution in [0.5, 0.6) is 0 Å². The molecule has 13 heteroatoms. The quantitative estimate of drug-likeness (QED) is 0.257. The van der Waals surface area contributed by atoms with Crippen molar-refractivity contribution < 1.29 is 49.6 Å². The van der Waals surface area contributed by atoms with Gasteiger partial charge in [0, 0.05) is 0 Å². The normalized spacial score (nSPS) is 17.1. The Hall–Kier alpha value is -0.720. The van der Waals surface area contributed by atoms with Crippen LogP contribution in [0.3, 0.4) is 0 Å². The summed E-state index contributed by atoms with van der Waals surface area (Å²) in [5.74, 6) is -9.32. The van der Waals surface area contributed by atoms with Gasteiger partial charge >= 0.3 is 33.3 Å². The summed E-state index contributed by atoms with van der Waals surface area (Å²) in [6.45, 7) is 0. The van der Waals surface area contributed by atoms with Gasteiger partial charge in [-0.3, -0.25) is 9.35 Å². The van der Waals surface area contributed by atoms with Crippen molar-refractivity contribution >= 4 is 27.7 Å². The van der Waals surface area contributed by atoms with E-state index in [-0.39, 0.29) is 0 Å². The molecule has 0 aliphatic heterocycles. The minimum Gasteiger partial charge on any atom is -0.416 e. The molecular formula is C5H4ClF5O6S. The predicted octanol–water partition coefficient (Wildman–Crippen LogP) is 0.500. The van der Waals surface area contributed by atoms with E-state index >= 15 is 0 Å². The van der Waals surface area contributed by atoms with Crippen LogP contribution < -0.4 is 0 Å². The van der Waals surface area contributed by atoms with Crippen molar-refractivity contribution in [2.75, 3.05) is 5.88 Å². The average molecular weight is 323 g/mol. The molecule has 0 radical (unpaired) electrons. The largest absolute Gasteiger partial charge is 0.463 e. The van der Waals surface area contributed by atoms with Crippen LogP contribution in [0.2, 0.25) is 0 Å². The molecule has 0 saturated carbocycles. The third-order valence-corrected chi connectivity index (χ3v) is 2.62. The molecule has 0 aromatic heterocycles. The van der Waals surface area contributed by atoms with Crippen LogP contribution in [0.15, 0.2) is 0 Å². The number of hydrogen-bond acceptors (Lipinski definition) is 5. The van der Waals surface area contributed by atoms with E-state index in [4.69, 9.17) is 9.66 Å². The fourth-order valence-electron chi connectivity index (χ4n) is 0.649. The van der Waals surface area contributed by atoms with Crippen molar-refractivity contribution in [1.29, 1.82) is 0 Å². The standard InChI is InChI=1S/C5H4ClF5O6S/c6-1-2(12)17-3(13,4(7,8)9)5(10,11)18(14,15)16/h13H,1H2,(H,14,15,16). The van der Waals surface area contributed by atoms with Crippen LogP contribution >= 0.6 is 11.6 Å². The fraction of sp³-hybridized carbons (Fsp3) is 0.800. The van der Waals surface area contributed by atoms with Gasteiger partial charge in [0.05, 0.1) is 0 Å². The second-order valence-electron chi connectivity index (χ2n) is 2.74. The van der Waals surface area contributed by atoms with E-state index < -0.39 is 39.2 Å². The van der Waals surface area contributed by atoms with E-state index in [1.807, 2.05) is 0 Å². The Morgan fingerprint density at radius 3 is 1.83 bits per heavy atom. The highest BCUT2D eigenvalue weighted by molar-refractivity contribution is 7.87. The number of rotatable bonds is 4. The van der Waals surface area contributed by atoms with Gasteiger partial charge in [-0.1, -0.05) is 0 Å². The first-order valence-electron chi connectivity index (χ1n) is 3.62. The molecule has 18 heavy (non-hydrogen) atoms. The van der Waals surface area contributed by atoms with Crippen molar-refractivity contribution in [2.24, 2.45) is 0 Å². The van der Waals surface area contributed by atoms with Crippen LogP contribution in [0.4, 0.5) is 22.0 Å². The summed E-state index contributed by atoms with van der Waals surface area (Å²) in [4.78, 5) is 10.4. The maximum Gasteiger partial charge on any atom is 0.463 e. The summed E-state index contributed by atoms with van der Waals surface area (Å²) in [5, 5.41) is 2.36. The zero-order chi connectivity index (χ0) is 15.0. The molecule has 0 spiro atoms. The van der Waals surface area contributed by atoms with Gasteiger partial charge in [-0.05, 0) is 0 Å². The molecule has 2 N–H and O–H groups in total. The van der Waals surface area contributed by atoms with E-state index in [2.05, 4.69) is 16.3 Å². The van der Waals surface area contributed by atoms with Gasteiger partial charge in [-0.25, -0.2) is 0 Å². The van der Waals surface area contributed by atoms with Crippen LogP contribution in [-0.4, -0.2) is 47.1 Å². The van der Waals surface area contributed by atoms with E-state index in [1.165, 1.54) is 0 Å². The van der Waals surface area contributed by atoms with Gasteiger partial charge in [0.1, 0.15) is 5.88 Å². The number of alkyl halides is 6. The van der Waals surface area contributed by atoms with Crippen molar-refractivity contribution in [3.63, 3.8) is 0 Å². The molecule has 0 rings (SSSR count). The summed E-state index contributed by atoms with van der Waals surface area (Å²) >= 11 is 4.66. The smallest absolute Gasteiger partial charge is 0.416 e. The Labute approximate surface area is 101 Å². The molecule has 0 saturated heterocycles. The summed E-state index contributed by atoms with van der Waals surface area (Å²) in [6, 6.07) is 0. The first-order valence-corrected chi connectivity index (χ1v) is 5.60. The van der Waals surface area contributed by atoms with Crippen LogP contribution in [0.25, 0.3) is 0 Å². The molecule has 6 nitrogen and oxygen atoms in total. The zero-order valence-electron chi connectivity index (χ0n) is 7.91. The van der Waals surface area contributed by atoms with Crippen molar-refractivity contribution in [3.8, 4) is 0 Å². The van der Waals surface area contributed by atoms with Crippen molar-refractivity contribution in [2.45, 2.75) is 17.2 Å². The molecule has 1 atom stereocenters. The van der Waals surface area contributed by atoms with Gasteiger partial charge in [-0.15, -0.1) is 11.6 Å². The van der Waals surface area contributed by atoms with Gasteiger partial charge in [0.2, 0.25) is 0 Å². The monoisotopic (exact) mass is 322 g/mol. The lowest BCUT2D eigenvalue weighted by Crippen LogP contribution is -2.64. The first kappa shape index (κ1) is 17.3. The SMILES string of the molecule is O=C(CCl)OC(O)(C(F)(F)F)C(F)(F)S(=O)(=O)O. The lowest BCUT2D eigenvalue weighted by Gasteiger charge is -2.33. The van der Waals surface area contributed by atoms with Crippen molar-refractivity contribution in [3.05, 3.63) is 0 Å². The number of halogens is 6. The van der Waals surface area contributed by atoms with Gasteiger partial charge in [-0.2, -0.15) is 30.4 Å². The Morgan fingerprint density at radius 1 is 1.22 bits per heavy atom. The molecule has 0 aromatic carbocycles. The summed E-state index contributed by atoms with van der Waals surface area (Å²) in [5.41, 5.74) is 0. The molecule has 1 unspecified atom stereocenters. The lowest BCUT2D eigenvalue weighted by atomic mass is 10.3. The topological polar surface area (TPSA) is 101 Å². The van der Waals surface area contributed by atoms with Gasteiger partial charge in [0.25, 0.3) is 0 Å². The second-order valence-corrected chi connectivity index (χ2v) is 4.47. The molecular weight excluding hydrogens is 319 g/mol. The number of esters is 1. The molecule has 0 bridgehead atoms. The highest BCUT2D eigenvalue weighted by Crippen LogP contribution is 2.45. The molecule has 0 aliphatic carbocycles. The number of ether oxygens (including phenoxy) is 1. The Kier molecular flexibility index (Phi) is 4.56. The second kappa shape index (κ2) is 4.75. The predicted molar refractivity (Wildman–Crippen MR) is 44.3 cm³/mol. The minimum absolute atomic E-state index is 1.38. The maximum atomic E-state index is 12.8. The molecule has 0 fully saturated rings. The number of carbonyl (C=O) groups is 1. The number of hydrogen-bond donors (Lipinski definition) is 2. The minimum atomic E-state index is -6.72. The summed E-state index contributed by atoms with van der Waals surface area (Å²) in [7, 11) is -6.72. The van der Waals surface area contributed by atoms with Crippen LogP contribution in [0, 0.1) is 0 Å². The molecule has 0 heterocycles. The van der Waals surface area contributed by atoms with Crippen LogP contribution in [0.1, 0.15) is 0 Å². The van der Waals surface area contributed by atoms with E-state index in [0.29, 0.717) is 0 Å². The Bertz CT molecular complexity index is 432. The summed E-state index contributed by atoms with van der Waals surface area (Å²) < 4.78 is 93.4. The van der Waals surface area contributed by atoms with Crippen LogP contribution in [-0.2, 0) is 19.6 Å². The first-order chi connectivity index (χ1) is 7.70. The Balaban J connectivity index is 5.88. The molecule has 0 amide bonds. The molecule has 108 valence electrons. The van der Waals surface area contributed by atoms with Crippen molar-refractivity contribution in [1.82, 2.24) is 0 Å². The third-order valence-electron chi connectivity index (χ3n) is 1.47. The fourth-order valence-corrected chi connectivity index (χ4v) is 1.21. The van der Waals surface area contributed by atoms with Gasteiger partial charge in [0.15, 0.2) is 0 Å². The van der Waals surface area contributed by atoms with E-state index in [9.17, 15) is 35.2 Å². The highest BCUT2D eigenvalue weighted by Gasteiger charge is 2.78. The number of carbonyl (C=O) groups excluding carboxylic acids is 1. The zero-order valence-corrected chi connectivity index (χ0v) is 9.48. The van der Waals surface area contributed by atoms with E-state index in [0.717, 1.165) is 0 Å². The average Bonchev–Trinajstić information content (AvgIpc) is 2.13. The Morgan fingerprint density at radius 2 is 1.61 bits per heavy atom. The summed E-state index contributed by atoms with van der Waals surface area (Å²) in [6.07, 6.45) is -6.41.